The minimum Gasteiger partial charge on any atom is -0.493 e. The van der Waals surface area contributed by atoms with Gasteiger partial charge < -0.3 is 29.6 Å². The first-order valence-electron chi connectivity index (χ1n) is 9.80. The van der Waals surface area contributed by atoms with Crippen molar-refractivity contribution in [1.29, 1.82) is 0 Å². The van der Waals surface area contributed by atoms with Crippen molar-refractivity contribution in [3.63, 3.8) is 0 Å². The number of benzene rings is 2. The molecule has 0 saturated heterocycles. The Hall–Kier alpha value is -3.09. The number of ether oxygens (including phenoxy) is 4. The van der Waals surface area contributed by atoms with Crippen LogP contribution in [0.15, 0.2) is 41.4 Å². The molecule has 0 aliphatic carbocycles. The molecule has 0 atom stereocenters. The molecule has 2 aromatic carbocycles. The van der Waals surface area contributed by atoms with E-state index in [0.29, 0.717) is 43.0 Å². The minimum absolute atomic E-state index is 0.493. The molecule has 0 heterocycles. The van der Waals surface area contributed by atoms with Crippen molar-refractivity contribution in [3.8, 4) is 23.0 Å². The molecule has 0 aliphatic heterocycles. The molecular weight excluding hydrogens is 370 g/mol. The minimum atomic E-state index is 0.493. The van der Waals surface area contributed by atoms with Crippen molar-refractivity contribution in [2.24, 2.45) is 4.99 Å². The van der Waals surface area contributed by atoms with Crippen LogP contribution in [0.25, 0.3) is 0 Å². The number of anilines is 1. The molecule has 0 aromatic heterocycles. The molecule has 0 saturated carbocycles. The van der Waals surface area contributed by atoms with E-state index in [1.807, 2.05) is 57.2 Å². The van der Waals surface area contributed by atoms with Gasteiger partial charge in [-0.25, -0.2) is 4.99 Å². The van der Waals surface area contributed by atoms with Gasteiger partial charge in [-0.05, 0) is 50.6 Å². The molecule has 0 aliphatic rings. The van der Waals surface area contributed by atoms with Crippen molar-refractivity contribution in [3.05, 3.63) is 42.0 Å². The molecule has 2 aromatic rings. The standard InChI is InChI=1S/C22H31N3O4/c1-6-23-22(25-17-10-12-18(26-4)21(14-17)29-8-3)24-15-16-9-11-19(28-7-2)20(13-16)27-5/h9-14H,6-8,15H2,1-5H3,(H2,23,24,25). The van der Waals surface area contributed by atoms with E-state index in [2.05, 4.69) is 15.6 Å². The highest BCUT2D eigenvalue weighted by Gasteiger charge is 2.08. The van der Waals surface area contributed by atoms with Crippen LogP contribution in [0.4, 0.5) is 5.69 Å². The zero-order valence-electron chi connectivity index (χ0n) is 17.9. The maximum absolute atomic E-state index is 5.64. The van der Waals surface area contributed by atoms with E-state index in [1.54, 1.807) is 14.2 Å². The lowest BCUT2D eigenvalue weighted by molar-refractivity contribution is 0.310. The van der Waals surface area contributed by atoms with Crippen molar-refractivity contribution >= 4 is 11.6 Å². The van der Waals surface area contributed by atoms with Crippen LogP contribution in [-0.4, -0.2) is 39.9 Å². The highest BCUT2D eigenvalue weighted by Crippen LogP contribution is 2.30. The van der Waals surface area contributed by atoms with Gasteiger partial charge in [0.15, 0.2) is 29.0 Å². The lowest BCUT2D eigenvalue weighted by Crippen LogP contribution is -2.30. The summed E-state index contributed by atoms with van der Waals surface area (Å²) in [5, 5.41) is 6.56. The van der Waals surface area contributed by atoms with Crippen LogP contribution in [0.2, 0.25) is 0 Å². The van der Waals surface area contributed by atoms with Crippen molar-refractivity contribution in [2.75, 3.05) is 39.3 Å². The Morgan fingerprint density at radius 1 is 0.828 bits per heavy atom. The van der Waals surface area contributed by atoms with E-state index in [9.17, 15) is 0 Å². The van der Waals surface area contributed by atoms with Gasteiger partial charge in [0, 0.05) is 18.3 Å². The van der Waals surface area contributed by atoms with E-state index in [1.165, 1.54) is 0 Å². The second-order valence-electron chi connectivity index (χ2n) is 6.04. The summed E-state index contributed by atoms with van der Waals surface area (Å²) < 4.78 is 22.0. The van der Waals surface area contributed by atoms with E-state index in [0.717, 1.165) is 23.5 Å². The molecule has 158 valence electrons. The molecule has 0 bridgehead atoms. The fourth-order valence-electron chi connectivity index (χ4n) is 2.72. The summed E-state index contributed by atoms with van der Waals surface area (Å²) in [5.41, 5.74) is 1.88. The Morgan fingerprint density at radius 3 is 2.17 bits per heavy atom. The number of nitrogens with one attached hydrogen (secondary N) is 2. The van der Waals surface area contributed by atoms with Crippen molar-refractivity contribution < 1.29 is 18.9 Å². The highest BCUT2D eigenvalue weighted by molar-refractivity contribution is 5.93. The van der Waals surface area contributed by atoms with Crippen molar-refractivity contribution in [2.45, 2.75) is 27.3 Å². The highest BCUT2D eigenvalue weighted by atomic mass is 16.5. The Kier molecular flexibility index (Phi) is 8.95. The fraction of sp³-hybridized carbons (Fsp3) is 0.409. The van der Waals surface area contributed by atoms with Gasteiger partial charge in [-0.15, -0.1) is 0 Å². The predicted octanol–water partition coefficient (Wildman–Crippen LogP) is 4.08. The number of rotatable bonds is 10. The van der Waals surface area contributed by atoms with Gasteiger partial charge in [0.2, 0.25) is 0 Å². The van der Waals surface area contributed by atoms with Crippen molar-refractivity contribution in [1.82, 2.24) is 5.32 Å². The average Bonchev–Trinajstić information content (AvgIpc) is 2.73. The molecule has 7 nitrogen and oxygen atoms in total. The third kappa shape index (κ3) is 6.48. The number of aliphatic imine (C=N–C) groups is 1. The third-order valence-electron chi connectivity index (χ3n) is 4.02. The lowest BCUT2D eigenvalue weighted by Gasteiger charge is -2.15. The summed E-state index contributed by atoms with van der Waals surface area (Å²) in [7, 11) is 3.26. The molecule has 7 heteroatoms. The van der Waals surface area contributed by atoms with Crippen LogP contribution in [0.5, 0.6) is 23.0 Å². The topological polar surface area (TPSA) is 73.3 Å². The summed E-state index contributed by atoms with van der Waals surface area (Å²) in [5.74, 6) is 3.49. The third-order valence-corrected chi connectivity index (χ3v) is 4.02. The van der Waals surface area contributed by atoms with Crippen LogP contribution in [0, 0.1) is 0 Å². The Labute approximate surface area is 173 Å². The largest absolute Gasteiger partial charge is 0.493 e. The SMILES string of the molecule is CCNC(=NCc1ccc(OCC)c(OC)c1)Nc1ccc(OC)c(OCC)c1. The molecule has 0 spiro atoms. The monoisotopic (exact) mass is 401 g/mol. The van der Waals surface area contributed by atoms with Crippen LogP contribution in [0.3, 0.4) is 0 Å². The molecule has 2 N–H and O–H groups in total. The summed E-state index contributed by atoms with van der Waals surface area (Å²) in [6.07, 6.45) is 0. The first-order valence-corrected chi connectivity index (χ1v) is 9.80. The average molecular weight is 402 g/mol. The second-order valence-corrected chi connectivity index (χ2v) is 6.04. The van der Waals surface area contributed by atoms with Gasteiger partial charge >= 0.3 is 0 Å². The number of nitrogens with zero attached hydrogens (tertiary/aromatic N) is 1. The van der Waals surface area contributed by atoms with E-state index in [4.69, 9.17) is 18.9 Å². The number of hydrogen-bond donors (Lipinski definition) is 2. The smallest absolute Gasteiger partial charge is 0.196 e. The molecule has 2 rings (SSSR count). The number of guanidine groups is 1. The maximum atomic E-state index is 5.64. The molecule has 29 heavy (non-hydrogen) atoms. The quantitative estimate of drug-likeness (QED) is 0.462. The van der Waals surface area contributed by atoms with Gasteiger partial charge in [0.1, 0.15) is 0 Å². The Bertz CT molecular complexity index is 809. The molecular formula is C22H31N3O4. The molecule has 0 unspecified atom stereocenters. The van der Waals surface area contributed by atoms with Crippen LogP contribution in [0.1, 0.15) is 26.3 Å². The van der Waals surface area contributed by atoms with Gasteiger partial charge in [-0.3, -0.25) is 0 Å². The van der Waals surface area contributed by atoms with Crippen LogP contribution in [-0.2, 0) is 6.54 Å². The molecule has 0 radical (unpaired) electrons. The van der Waals surface area contributed by atoms with Crippen LogP contribution < -0.4 is 29.6 Å². The molecule has 0 fully saturated rings. The summed E-state index contributed by atoms with van der Waals surface area (Å²) in [4.78, 5) is 4.67. The van der Waals surface area contributed by atoms with E-state index >= 15 is 0 Å². The summed E-state index contributed by atoms with van der Waals surface area (Å²) in [6.45, 7) is 8.30. The van der Waals surface area contributed by atoms with Crippen LogP contribution >= 0.6 is 0 Å². The first-order chi connectivity index (χ1) is 14.1. The second kappa shape index (κ2) is 11.7. The normalized spacial score (nSPS) is 11.0. The predicted molar refractivity (Wildman–Crippen MR) is 117 cm³/mol. The maximum Gasteiger partial charge on any atom is 0.196 e. The molecule has 0 amide bonds. The van der Waals surface area contributed by atoms with Gasteiger partial charge in [-0.2, -0.15) is 0 Å². The van der Waals surface area contributed by atoms with E-state index < -0.39 is 0 Å². The first kappa shape index (κ1) is 22.2. The van der Waals surface area contributed by atoms with Gasteiger partial charge in [-0.1, -0.05) is 6.07 Å². The summed E-state index contributed by atoms with van der Waals surface area (Å²) in [6, 6.07) is 11.5. The number of methoxy groups -OCH3 is 2. The fourth-order valence-corrected chi connectivity index (χ4v) is 2.72. The van der Waals surface area contributed by atoms with Gasteiger partial charge in [0.05, 0.1) is 34.0 Å². The number of hydrogen-bond acceptors (Lipinski definition) is 5. The lowest BCUT2D eigenvalue weighted by atomic mass is 10.2. The zero-order chi connectivity index (χ0) is 21.1. The van der Waals surface area contributed by atoms with Gasteiger partial charge in [0.25, 0.3) is 0 Å². The summed E-state index contributed by atoms with van der Waals surface area (Å²) >= 11 is 0. The zero-order valence-corrected chi connectivity index (χ0v) is 17.9. The Morgan fingerprint density at radius 2 is 1.52 bits per heavy atom. The Balaban J connectivity index is 2.17. The van der Waals surface area contributed by atoms with E-state index in [-0.39, 0.29) is 0 Å².